The molecule has 104 valence electrons. The number of pyridine rings is 1. The molecule has 5 nitrogen and oxygen atoms in total. The summed E-state index contributed by atoms with van der Waals surface area (Å²) < 4.78 is 5.06. The number of carbonyl (C=O) groups is 1. The Morgan fingerprint density at radius 1 is 1.20 bits per heavy atom. The molecule has 0 fully saturated rings. The van der Waals surface area contributed by atoms with Gasteiger partial charge in [-0.05, 0) is 43.3 Å². The maximum atomic E-state index is 11.9. The van der Waals surface area contributed by atoms with Crippen LogP contribution in [0.1, 0.15) is 18.7 Å². The van der Waals surface area contributed by atoms with Crippen LogP contribution in [0.4, 0.5) is 10.5 Å². The largest absolute Gasteiger partial charge is 0.497 e. The number of amides is 2. The number of anilines is 1. The SMILES string of the molecule is COc1ccc(NC(=O)NC(C)c2ccccn2)cc1. The van der Waals surface area contributed by atoms with Gasteiger partial charge in [-0.2, -0.15) is 0 Å². The summed E-state index contributed by atoms with van der Waals surface area (Å²) in [5.74, 6) is 0.748. The average molecular weight is 271 g/mol. The number of nitrogens with one attached hydrogen (secondary N) is 2. The van der Waals surface area contributed by atoms with Crippen LogP contribution in [0.2, 0.25) is 0 Å². The summed E-state index contributed by atoms with van der Waals surface area (Å²) in [6.45, 7) is 1.88. The molecule has 1 aromatic heterocycles. The van der Waals surface area contributed by atoms with Gasteiger partial charge < -0.3 is 15.4 Å². The van der Waals surface area contributed by atoms with Gasteiger partial charge in [0.15, 0.2) is 0 Å². The molecule has 0 aliphatic carbocycles. The lowest BCUT2D eigenvalue weighted by molar-refractivity contribution is 0.249. The van der Waals surface area contributed by atoms with E-state index in [0.717, 1.165) is 11.4 Å². The Morgan fingerprint density at radius 2 is 1.95 bits per heavy atom. The number of benzene rings is 1. The zero-order chi connectivity index (χ0) is 14.4. The first-order chi connectivity index (χ1) is 9.69. The lowest BCUT2D eigenvalue weighted by Gasteiger charge is -2.14. The molecule has 0 saturated heterocycles. The zero-order valence-corrected chi connectivity index (χ0v) is 11.5. The highest BCUT2D eigenvalue weighted by Gasteiger charge is 2.10. The Hall–Kier alpha value is -2.56. The van der Waals surface area contributed by atoms with Crippen LogP contribution in [0.5, 0.6) is 5.75 Å². The molecule has 0 aliphatic rings. The van der Waals surface area contributed by atoms with E-state index in [-0.39, 0.29) is 12.1 Å². The van der Waals surface area contributed by atoms with Crippen LogP contribution in [0.25, 0.3) is 0 Å². The minimum Gasteiger partial charge on any atom is -0.497 e. The molecule has 1 aromatic carbocycles. The Bertz CT molecular complexity index is 555. The molecule has 2 amide bonds. The van der Waals surface area contributed by atoms with E-state index in [1.165, 1.54) is 0 Å². The summed E-state index contributed by atoms with van der Waals surface area (Å²) in [7, 11) is 1.60. The van der Waals surface area contributed by atoms with Crippen molar-refractivity contribution in [2.45, 2.75) is 13.0 Å². The number of aromatic nitrogens is 1. The highest BCUT2D eigenvalue weighted by molar-refractivity contribution is 5.89. The maximum Gasteiger partial charge on any atom is 0.319 e. The summed E-state index contributed by atoms with van der Waals surface area (Å²) in [5, 5.41) is 5.59. The molecular weight excluding hydrogens is 254 g/mol. The van der Waals surface area contributed by atoms with Gasteiger partial charge in [-0.3, -0.25) is 4.98 Å². The van der Waals surface area contributed by atoms with Gasteiger partial charge in [-0.25, -0.2) is 4.79 Å². The van der Waals surface area contributed by atoms with E-state index in [2.05, 4.69) is 15.6 Å². The lowest BCUT2D eigenvalue weighted by Crippen LogP contribution is -2.31. The second kappa shape index (κ2) is 6.56. The first-order valence-electron chi connectivity index (χ1n) is 6.31. The van der Waals surface area contributed by atoms with E-state index in [4.69, 9.17) is 4.74 Å². The van der Waals surface area contributed by atoms with Crippen molar-refractivity contribution in [1.29, 1.82) is 0 Å². The molecule has 0 spiro atoms. The fraction of sp³-hybridized carbons (Fsp3) is 0.200. The third kappa shape index (κ3) is 3.71. The molecule has 1 heterocycles. The predicted molar refractivity (Wildman–Crippen MR) is 77.8 cm³/mol. The van der Waals surface area contributed by atoms with Crippen molar-refractivity contribution >= 4 is 11.7 Å². The predicted octanol–water partition coefficient (Wildman–Crippen LogP) is 2.97. The van der Waals surface area contributed by atoms with Crippen LogP contribution in [0, 0.1) is 0 Å². The Labute approximate surface area is 118 Å². The summed E-state index contributed by atoms with van der Waals surface area (Å²) in [6, 6.07) is 12.3. The van der Waals surface area contributed by atoms with Gasteiger partial charge in [0.05, 0.1) is 18.8 Å². The maximum absolute atomic E-state index is 11.9. The topological polar surface area (TPSA) is 63.2 Å². The monoisotopic (exact) mass is 271 g/mol. The van der Waals surface area contributed by atoms with Gasteiger partial charge in [-0.15, -0.1) is 0 Å². The van der Waals surface area contributed by atoms with Crippen molar-refractivity contribution in [1.82, 2.24) is 10.3 Å². The summed E-state index contributed by atoms with van der Waals surface area (Å²) in [6.07, 6.45) is 1.70. The molecule has 2 aromatic rings. The van der Waals surface area contributed by atoms with E-state index in [9.17, 15) is 4.79 Å². The number of hydrogen-bond donors (Lipinski definition) is 2. The molecule has 0 radical (unpaired) electrons. The second-order valence-electron chi connectivity index (χ2n) is 4.30. The number of ether oxygens (including phenoxy) is 1. The standard InChI is InChI=1S/C15H17N3O2/c1-11(14-5-3-4-10-16-14)17-15(19)18-12-6-8-13(20-2)9-7-12/h3-11H,1-2H3,(H2,17,18,19). The smallest absolute Gasteiger partial charge is 0.319 e. The molecular formula is C15H17N3O2. The minimum atomic E-state index is -0.270. The molecule has 1 atom stereocenters. The first kappa shape index (κ1) is 13.9. The molecule has 0 saturated carbocycles. The third-order valence-corrected chi connectivity index (χ3v) is 2.83. The average Bonchev–Trinajstić information content (AvgIpc) is 2.49. The fourth-order valence-corrected chi connectivity index (χ4v) is 1.74. The van der Waals surface area contributed by atoms with Crippen LogP contribution < -0.4 is 15.4 Å². The van der Waals surface area contributed by atoms with Crippen molar-refractivity contribution in [2.24, 2.45) is 0 Å². The van der Waals surface area contributed by atoms with Crippen LogP contribution in [0.3, 0.4) is 0 Å². The molecule has 20 heavy (non-hydrogen) atoms. The van der Waals surface area contributed by atoms with Crippen molar-refractivity contribution in [3.8, 4) is 5.75 Å². The Kier molecular flexibility index (Phi) is 4.55. The van der Waals surface area contributed by atoms with Gasteiger partial charge in [0.1, 0.15) is 5.75 Å². The molecule has 0 aliphatic heterocycles. The van der Waals surface area contributed by atoms with E-state index in [1.807, 2.05) is 25.1 Å². The van der Waals surface area contributed by atoms with Crippen LogP contribution >= 0.6 is 0 Å². The normalized spacial score (nSPS) is 11.5. The molecule has 5 heteroatoms. The molecule has 2 rings (SSSR count). The van der Waals surface area contributed by atoms with Crippen molar-refractivity contribution in [3.63, 3.8) is 0 Å². The fourth-order valence-electron chi connectivity index (χ4n) is 1.74. The van der Waals surface area contributed by atoms with Gasteiger partial charge >= 0.3 is 6.03 Å². The molecule has 0 bridgehead atoms. The van der Waals surface area contributed by atoms with Gasteiger partial charge in [0.25, 0.3) is 0 Å². The molecule has 1 unspecified atom stereocenters. The van der Waals surface area contributed by atoms with Crippen molar-refractivity contribution in [2.75, 3.05) is 12.4 Å². The van der Waals surface area contributed by atoms with Gasteiger partial charge in [0, 0.05) is 11.9 Å². The number of hydrogen-bond acceptors (Lipinski definition) is 3. The highest BCUT2D eigenvalue weighted by atomic mass is 16.5. The van der Waals surface area contributed by atoms with Crippen LogP contribution in [-0.4, -0.2) is 18.1 Å². The van der Waals surface area contributed by atoms with Crippen molar-refractivity contribution in [3.05, 3.63) is 54.4 Å². The summed E-state index contributed by atoms with van der Waals surface area (Å²) >= 11 is 0. The Morgan fingerprint density at radius 3 is 2.55 bits per heavy atom. The van der Waals surface area contributed by atoms with Crippen molar-refractivity contribution < 1.29 is 9.53 Å². The lowest BCUT2D eigenvalue weighted by atomic mass is 10.2. The number of rotatable bonds is 4. The van der Waals surface area contributed by atoms with E-state index in [0.29, 0.717) is 5.69 Å². The number of methoxy groups -OCH3 is 1. The van der Waals surface area contributed by atoms with Crippen LogP contribution in [-0.2, 0) is 0 Å². The van der Waals surface area contributed by atoms with E-state index in [1.54, 1.807) is 37.6 Å². The van der Waals surface area contributed by atoms with Gasteiger partial charge in [-0.1, -0.05) is 6.07 Å². The second-order valence-corrected chi connectivity index (χ2v) is 4.30. The third-order valence-electron chi connectivity index (χ3n) is 2.83. The van der Waals surface area contributed by atoms with Gasteiger partial charge in [0.2, 0.25) is 0 Å². The first-order valence-corrected chi connectivity index (χ1v) is 6.31. The number of carbonyl (C=O) groups excluding carboxylic acids is 1. The minimum absolute atomic E-state index is 0.158. The Balaban J connectivity index is 1.91. The highest BCUT2D eigenvalue weighted by Crippen LogP contribution is 2.15. The summed E-state index contributed by atoms with van der Waals surface area (Å²) in [5.41, 5.74) is 1.52. The molecule has 2 N–H and O–H groups in total. The summed E-state index contributed by atoms with van der Waals surface area (Å²) in [4.78, 5) is 16.1. The number of urea groups is 1. The quantitative estimate of drug-likeness (QED) is 0.898. The van der Waals surface area contributed by atoms with E-state index < -0.39 is 0 Å². The van der Waals surface area contributed by atoms with Crippen LogP contribution in [0.15, 0.2) is 48.7 Å². The van der Waals surface area contributed by atoms with E-state index >= 15 is 0 Å². The zero-order valence-electron chi connectivity index (χ0n) is 11.5. The number of nitrogens with zero attached hydrogens (tertiary/aromatic N) is 1.